The van der Waals surface area contributed by atoms with Gasteiger partial charge in [-0.1, -0.05) is 41.4 Å². The molecule has 0 saturated carbocycles. The molecule has 0 amide bonds. The molecule has 32 heavy (non-hydrogen) atoms. The van der Waals surface area contributed by atoms with Gasteiger partial charge in [0.05, 0.1) is 28.7 Å². The first-order valence-electron chi connectivity index (χ1n) is 9.80. The number of fused-ring (bicyclic) bond motifs is 1. The zero-order valence-electron chi connectivity index (χ0n) is 17.4. The number of benzene rings is 3. The van der Waals surface area contributed by atoms with Crippen molar-refractivity contribution in [3.05, 3.63) is 88.0 Å². The lowest BCUT2D eigenvalue weighted by atomic mass is 10.1. The standard InChI is InChI=1S/C25H19ClFN3O2/c1-15-3-5-16(6-4-15)14-32-24-20(26)10-17(11-23(24)31-2)9-18(13-28)25-29-21-8-7-19(27)12-22(21)30-25/h3-12H,14H2,1-2H3,(H,29,30)/b18-9-. The van der Waals surface area contributed by atoms with Crippen molar-refractivity contribution in [2.45, 2.75) is 13.5 Å². The van der Waals surface area contributed by atoms with Crippen LogP contribution in [0.5, 0.6) is 11.5 Å². The molecule has 3 aromatic carbocycles. The number of hydrogen-bond donors (Lipinski definition) is 1. The van der Waals surface area contributed by atoms with Gasteiger partial charge in [0.15, 0.2) is 11.5 Å². The molecule has 0 bridgehead atoms. The quantitative estimate of drug-likeness (QED) is 0.351. The Morgan fingerprint density at radius 1 is 1.19 bits per heavy atom. The number of rotatable bonds is 6. The second-order valence-electron chi connectivity index (χ2n) is 7.23. The number of nitrogens with zero attached hydrogens (tertiary/aromatic N) is 2. The smallest absolute Gasteiger partial charge is 0.180 e. The van der Waals surface area contributed by atoms with E-state index in [0.29, 0.717) is 45.5 Å². The van der Waals surface area contributed by atoms with E-state index in [1.165, 1.54) is 24.8 Å². The lowest BCUT2D eigenvalue weighted by molar-refractivity contribution is 0.284. The first kappa shape index (κ1) is 21.4. The van der Waals surface area contributed by atoms with E-state index in [9.17, 15) is 9.65 Å². The van der Waals surface area contributed by atoms with Crippen molar-refractivity contribution in [3.8, 4) is 17.6 Å². The Morgan fingerprint density at radius 3 is 2.69 bits per heavy atom. The molecule has 0 atom stereocenters. The van der Waals surface area contributed by atoms with Gasteiger partial charge in [-0.05, 0) is 54.5 Å². The summed E-state index contributed by atoms with van der Waals surface area (Å²) in [4.78, 5) is 7.34. The Labute approximate surface area is 189 Å². The van der Waals surface area contributed by atoms with Crippen LogP contribution in [0.3, 0.4) is 0 Å². The van der Waals surface area contributed by atoms with Crippen molar-refractivity contribution in [3.63, 3.8) is 0 Å². The van der Waals surface area contributed by atoms with E-state index in [4.69, 9.17) is 21.1 Å². The molecular formula is C25H19ClFN3O2. The number of aromatic amines is 1. The van der Waals surface area contributed by atoms with Crippen LogP contribution < -0.4 is 9.47 Å². The molecule has 0 spiro atoms. The summed E-state index contributed by atoms with van der Waals surface area (Å²) in [5.41, 5.74) is 4.16. The minimum atomic E-state index is -0.382. The number of methoxy groups -OCH3 is 1. The number of hydrogen-bond acceptors (Lipinski definition) is 4. The predicted molar refractivity (Wildman–Crippen MR) is 123 cm³/mol. The van der Waals surface area contributed by atoms with Gasteiger partial charge >= 0.3 is 0 Å². The molecule has 0 fully saturated rings. The summed E-state index contributed by atoms with van der Waals surface area (Å²) in [5, 5.41) is 10.0. The number of nitriles is 1. The third kappa shape index (κ3) is 4.58. The number of halogens is 2. The van der Waals surface area contributed by atoms with E-state index in [2.05, 4.69) is 16.0 Å². The molecule has 0 saturated heterocycles. The molecule has 160 valence electrons. The van der Waals surface area contributed by atoms with Gasteiger partial charge in [0.25, 0.3) is 0 Å². The summed E-state index contributed by atoms with van der Waals surface area (Å²) in [5.74, 6) is 0.820. The Bertz CT molecular complexity index is 1350. The highest BCUT2D eigenvalue weighted by molar-refractivity contribution is 6.32. The number of H-pyrrole nitrogens is 1. The Kier molecular flexibility index (Phi) is 6.11. The van der Waals surface area contributed by atoms with Crippen molar-refractivity contribution in [2.75, 3.05) is 7.11 Å². The fraction of sp³-hybridized carbons (Fsp3) is 0.120. The molecule has 0 unspecified atom stereocenters. The van der Waals surface area contributed by atoms with E-state index in [1.54, 1.807) is 24.3 Å². The molecule has 0 aliphatic rings. The van der Waals surface area contributed by atoms with Crippen molar-refractivity contribution in [1.82, 2.24) is 9.97 Å². The number of aryl methyl sites for hydroxylation is 1. The number of nitrogens with one attached hydrogen (secondary N) is 1. The molecule has 1 aromatic heterocycles. The zero-order valence-corrected chi connectivity index (χ0v) is 18.2. The van der Waals surface area contributed by atoms with Gasteiger partial charge in [-0.25, -0.2) is 9.37 Å². The van der Waals surface area contributed by atoms with Crippen molar-refractivity contribution in [2.24, 2.45) is 0 Å². The van der Waals surface area contributed by atoms with Crippen LogP contribution in [0.25, 0.3) is 22.7 Å². The third-order valence-electron chi connectivity index (χ3n) is 4.89. The minimum Gasteiger partial charge on any atom is -0.493 e. The van der Waals surface area contributed by atoms with Gasteiger partial charge < -0.3 is 14.5 Å². The zero-order chi connectivity index (χ0) is 22.7. The number of ether oxygens (including phenoxy) is 2. The summed E-state index contributed by atoms with van der Waals surface area (Å²) in [6, 6.07) is 17.8. The maximum Gasteiger partial charge on any atom is 0.180 e. The number of allylic oxidation sites excluding steroid dienone is 1. The van der Waals surface area contributed by atoms with E-state index < -0.39 is 0 Å². The summed E-state index contributed by atoms with van der Waals surface area (Å²) in [7, 11) is 1.52. The fourth-order valence-corrected chi connectivity index (χ4v) is 3.51. The van der Waals surface area contributed by atoms with E-state index >= 15 is 0 Å². The first-order valence-corrected chi connectivity index (χ1v) is 10.2. The maximum atomic E-state index is 13.5. The van der Waals surface area contributed by atoms with Gasteiger partial charge in [-0.3, -0.25) is 0 Å². The molecule has 0 aliphatic carbocycles. The topological polar surface area (TPSA) is 70.9 Å². The van der Waals surface area contributed by atoms with Crippen molar-refractivity contribution < 1.29 is 13.9 Å². The highest BCUT2D eigenvalue weighted by atomic mass is 35.5. The SMILES string of the molecule is COc1cc(/C=C(/C#N)c2nc3ccc(F)cc3[nH]2)cc(Cl)c1OCc1ccc(C)cc1. The highest BCUT2D eigenvalue weighted by Crippen LogP contribution is 2.38. The van der Waals surface area contributed by atoms with Crippen LogP contribution in [0.4, 0.5) is 4.39 Å². The van der Waals surface area contributed by atoms with Crippen LogP contribution in [0, 0.1) is 24.1 Å². The summed E-state index contributed by atoms with van der Waals surface area (Å²) < 4.78 is 24.8. The van der Waals surface area contributed by atoms with Crippen LogP contribution >= 0.6 is 11.6 Å². The minimum absolute atomic E-state index is 0.271. The van der Waals surface area contributed by atoms with Crippen LogP contribution in [-0.4, -0.2) is 17.1 Å². The average molecular weight is 448 g/mol. The third-order valence-corrected chi connectivity index (χ3v) is 5.17. The molecule has 0 radical (unpaired) electrons. The monoisotopic (exact) mass is 447 g/mol. The summed E-state index contributed by atoms with van der Waals surface area (Å²) in [6.45, 7) is 2.36. The van der Waals surface area contributed by atoms with Gasteiger partial charge in [-0.2, -0.15) is 5.26 Å². The Hall–Kier alpha value is -3.82. The van der Waals surface area contributed by atoms with Gasteiger partial charge in [0, 0.05) is 0 Å². The van der Waals surface area contributed by atoms with Crippen LogP contribution in [-0.2, 0) is 6.61 Å². The van der Waals surface area contributed by atoms with Crippen molar-refractivity contribution >= 4 is 34.3 Å². The molecule has 1 heterocycles. The van der Waals surface area contributed by atoms with Gasteiger partial charge in [0.2, 0.25) is 0 Å². The van der Waals surface area contributed by atoms with Gasteiger partial charge in [0.1, 0.15) is 24.3 Å². The van der Waals surface area contributed by atoms with E-state index in [0.717, 1.165) is 5.56 Å². The molecule has 1 N–H and O–H groups in total. The van der Waals surface area contributed by atoms with Gasteiger partial charge in [-0.15, -0.1) is 0 Å². The molecule has 5 nitrogen and oxygen atoms in total. The number of imidazole rings is 1. The van der Waals surface area contributed by atoms with Crippen LogP contribution in [0.1, 0.15) is 22.5 Å². The Morgan fingerprint density at radius 2 is 1.97 bits per heavy atom. The fourth-order valence-electron chi connectivity index (χ4n) is 3.23. The van der Waals surface area contributed by atoms with Crippen molar-refractivity contribution in [1.29, 1.82) is 5.26 Å². The summed E-state index contributed by atoms with van der Waals surface area (Å²) >= 11 is 6.48. The maximum absolute atomic E-state index is 13.5. The molecule has 0 aliphatic heterocycles. The Balaban J connectivity index is 1.63. The lowest BCUT2D eigenvalue weighted by Crippen LogP contribution is -1.99. The molecule has 4 rings (SSSR count). The van der Waals surface area contributed by atoms with Crippen LogP contribution in [0.2, 0.25) is 5.02 Å². The molecule has 4 aromatic rings. The van der Waals surface area contributed by atoms with Crippen LogP contribution in [0.15, 0.2) is 54.6 Å². The predicted octanol–water partition coefficient (Wildman–Crippen LogP) is 6.32. The normalized spacial score (nSPS) is 11.4. The van der Waals surface area contributed by atoms with E-state index in [1.807, 2.05) is 31.2 Å². The summed E-state index contributed by atoms with van der Waals surface area (Å²) in [6.07, 6.45) is 1.63. The molecular weight excluding hydrogens is 429 g/mol. The van der Waals surface area contributed by atoms with E-state index in [-0.39, 0.29) is 11.4 Å². The number of aromatic nitrogens is 2. The lowest BCUT2D eigenvalue weighted by Gasteiger charge is -2.13. The second kappa shape index (κ2) is 9.13. The highest BCUT2D eigenvalue weighted by Gasteiger charge is 2.14. The molecule has 7 heteroatoms. The second-order valence-corrected chi connectivity index (χ2v) is 7.63. The largest absolute Gasteiger partial charge is 0.493 e. The average Bonchev–Trinajstić information content (AvgIpc) is 3.20. The first-order chi connectivity index (χ1) is 15.5.